The van der Waals surface area contributed by atoms with E-state index in [1.165, 1.54) is 30.4 Å². The molecule has 1 atom stereocenters. The number of aromatic hydroxyl groups is 1. The minimum atomic E-state index is 0.256. The van der Waals surface area contributed by atoms with Crippen LogP contribution in [0, 0.1) is 13.8 Å². The number of nitrogens with one attached hydrogen (secondary N) is 1. The van der Waals surface area contributed by atoms with Gasteiger partial charge in [-0.15, -0.1) is 0 Å². The second kappa shape index (κ2) is 5.61. The van der Waals surface area contributed by atoms with Gasteiger partial charge in [0, 0.05) is 6.04 Å². The standard InChI is InChI=1S/C15H23NO2/c1-10-11(2)15(18-3)14(17)9-12(10)8-13-6-4-5-7-16-13/h9,13,16-17H,4-8H2,1-3H3. The van der Waals surface area contributed by atoms with Crippen molar-refractivity contribution in [1.82, 2.24) is 5.32 Å². The van der Waals surface area contributed by atoms with Gasteiger partial charge >= 0.3 is 0 Å². The first-order chi connectivity index (χ1) is 8.63. The summed E-state index contributed by atoms with van der Waals surface area (Å²) in [6.45, 7) is 5.23. The zero-order valence-electron chi connectivity index (χ0n) is 11.5. The lowest BCUT2D eigenvalue weighted by molar-refractivity contribution is 0.368. The van der Waals surface area contributed by atoms with E-state index < -0.39 is 0 Å². The quantitative estimate of drug-likeness (QED) is 0.865. The molecule has 1 aliphatic rings. The van der Waals surface area contributed by atoms with Crippen LogP contribution in [0.4, 0.5) is 0 Å². The first-order valence-corrected chi connectivity index (χ1v) is 6.73. The van der Waals surface area contributed by atoms with E-state index in [4.69, 9.17) is 4.74 Å². The molecule has 1 fully saturated rings. The Hall–Kier alpha value is -1.22. The smallest absolute Gasteiger partial charge is 0.163 e. The molecule has 3 heteroatoms. The van der Waals surface area contributed by atoms with Gasteiger partial charge in [0.25, 0.3) is 0 Å². The van der Waals surface area contributed by atoms with Gasteiger partial charge in [-0.05, 0) is 62.4 Å². The zero-order valence-corrected chi connectivity index (χ0v) is 11.5. The molecular formula is C15H23NO2. The summed E-state index contributed by atoms with van der Waals surface area (Å²) in [6, 6.07) is 2.40. The Labute approximate surface area is 109 Å². The summed E-state index contributed by atoms with van der Waals surface area (Å²) in [5.41, 5.74) is 3.51. The Morgan fingerprint density at radius 2 is 2.11 bits per heavy atom. The van der Waals surface area contributed by atoms with Crippen LogP contribution in [0.1, 0.15) is 36.0 Å². The fourth-order valence-electron chi connectivity index (χ4n) is 2.78. The van der Waals surface area contributed by atoms with Gasteiger partial charge in [-0.3, -0.25) is 0 Å². The summed E-state index contributed by atoms with van der Waals surface area (Å²) in [7, 11) is 1.60. The fraction of sp³-hybridized carbons (Fsp3) is 0.600. The highest BCUT2D eigenvalue weighted by Crippen LogP contribution is 2.34. The van der Waals surface area contributed by atoms with Crippen molar-refractivity contribution >= 4 is 0 Å². The number of benzene rings is 1. The number of phenolic OH excluding ortho intramolecular Hbond substituents is 1. The predicted molar refractivity (Wildman–Crippen MR) is 73.5 cm³/mol. The normalized spacial score (nSPS) is 19.8. The Kier molecular flexibility index (Phi) is 4.12. The summed E-state index contributed by atoms with van der Waals surface area (Å²) in [5.74, 6) is 0.860. The molecule has 100 valence electrons. The molecule has 1 saturated heterocycles. The Bertz CT molecular complexity index is 423. The average Bonchev–Trinajstić information content (AvgIpc) is 2.37. The van der Waals surface area contributed by atoms with Crippen LogP contribution >= 0.6 is 0 Å². The van der Waals surface area contributed by atoms with Gasteiger partial charge in [0.15, 0.2) is 11.5 Å². The molecule has 0 radical (unpaired) electrons. The summed E-state index contributed by atoms with van der Waals surface area (Å²) >= 11 is 0. The predicted octanol–water partition coefficient (Wildman–Crippen LogP) is 2.70. The van der Waals surface area contributed by atoms with E-state index in [2.05, 4.69) is 12.2 Å². The lowest BCUT2D eigenvalue weighted by Gasteiger charge is -2.25. The monoisotopic (exact) mass is 249 g/mol. The van der Waals surface area contributed by atoms with Crippen molar-refractivity contribution < 1.29 is 9.84 Å². The van der Waals surface area contributed by atoms with Crippen molar-refractivity contribution in [2.45, 2.75) is 45.6 Å². The van der Waals surface area contributed by atoms with Crippen LogP contribution < -0.4 is 10.1 Å². The zero-order chi connectivity index (χ0) is 13.1. The van der Waals surface area contributed by atoms with Crippen LogP contribution in [0.2, 0.25) is 0 Å². The second-order valence-corrected chi connectivity index (χ2v) is 5.19. The van der Waals surface area contributed by atoms with Gasteiger partial charge in [-0.1, -0.05) is 6.42 Å². The van der Waals surface area contributed by atoms with Gasteiger partial charge in [0.1, 0.15) is 0 Å². The number of hydrogen-bond acceptors (Lipinski definition) is 3. The number of piperidine rings is 1. The van der Waals surface area contributed by atoms with E-state index in [1.807, 2.05) is 13.0 Å². The van der Waals surface area contributed by atoms with E-state index >= 15 is 0 Å². The highest BCUT2D eigenvalue weighted by atomic mass is 16.5. The van der Waals surface area contributed by atoms with E-state index in [0.29, 0.717) is 11.8 Å². The highest BCUT2D eigenvalue weighted by Gasteiger charge is 2.17. The van der Waals surface area contributed by atoms with Crippen molar-refractivity contribution in [3.05, 3.63) is 22.8 Å². The summed E-state index contributed by atoms with van der Waals surface area (Å²) < 4.78 is 5.24. The lowest BCUT2D eigenvalue weighted by atomic mass is 9.93. The highest BCUT2D eigenvalue weighted by molar-refractivity contribution is 5.52. The first-order valence-electron chi connectivity index (χ1n) is 6.73. The number of rotatable bonds is 3. The first kappa shape index (κ1) is 13.2. The third-order valence-electron chi connectivity index (χ3n) is 4.01. The second-order valence-electron chi connectivity index (χ2n) is 5.19. The molecule has 2 rings (SSSR count). The largest absolute Gasteiger partial charge is 0.504 e. The number of hydrogen-bond donors (Lipinski definition) is 2. The number of phenols is 1. The number of ether oxygens (including phenoxy) is 1. The van der Waals surface area contributed by atoms with Crippen LogP contribution in [-0.4, -0.2) is 24.8 Å². The number of methoxy groups -OCH3 is 1. The van der Waals surface area contributed by atoms with E-state index in [9.17, 15) is 5.11 Å². The van der Waals surface area contributed by atoms with Crippen LogP contribution in [0.15, 0.2) is 6.07 Å². The van der Waals surface area contributed by atoms with Crippen LogP contribution in [0.5, 0.6) is 11.5 Å². The minimum Gasteiger partial charge on any atom is -0.504 e. The molecule has 3 nitrogen and oxygen atoms in total. The molecule has 0 bridgehead atoms. The lowest BCUT2D eigenvalue weighted by Crippen LogP contribution is -2.35. The SMILES string of the molecule is COc1c(O)cc(CC2CCCCN2)c(C)c1C. The third kappa shape index (κ3) is 2.61. The molecule has 1 aromatic rings. The van der Waals surface area contributed by atoms with Crippen molar-refractivity contribution in [3.8, 4) is 11.5 Å². The Balaban J connectivity index is 2.22. The van der Waals surface area contributed by atoms with E-state index in [-0.39, 0.29) is 5.75 Å². The van der Waals surface area contributed by atoms with Crippen molar-refractivity contribution in [3.63, 3.8) is 0 Å². The van der Waals surface area contributed by atoms with Gasteiger partial charge in [0.05, 0.1) is 7.11 Å². The Morgan fingerprint density at radius 1 is 1.33 bits per heavy atom. The van der Waals surface area contributed by atoms with Gasteiger partial charge in [0.2, 0.25) is 0 Å². The molecule has 0 spiro atoms. The van der Waals surface area contributed by atoms with Gasteiger partial charge < -0.3 is 15.2 Å². The van der Waals surface area contributed by atoms with Crippen molar-refractivity contribution in [2.75, 3.05) is 13.7 Å². The van der Waals surface area contributed by atoms with E-state index in [0.717, 1.165) is 18.5 Å². The molecule has 1 heterocycles. The maximum atomic E-state index is 9.98. The molecule has 2 N–H and O–H groups in total. The molecular weight excluding hydrogens is 226 g/mol. The summed E-state index contributed by atoms with van der Waals surface area (Å²) in [4.78, 5) is 0. The van der Waals surface area contributed by atoms with Crippen LogP contribution in [-0.2, 0) is 6.42 Å². The van der Waals surface area contributed by atoms with Crippen LogP contribution in [0.3, 0.4) is 0 Å². The molecule has 0 saturated carbocycles. The summed E-state index contributed by atoms with van der Waals surface area (Å²) in [5, 5.41) is 13.5. The molecule has 1 aliphatic heterocycles. The average molecular weight is 249 g/mol. The maximum Gasteiger partial charge on any atom is 0.163 e. The molecule has 1 aromatic carbocycles. The minimum absolute atomic E-state index is 0.256. The maximum absolute atomic E-state index is 9.98. The van der Waals surface area contributed by atoms with Gasteiger partial charge in [-0.2, -0.15) is 0 Å². The molecule has 0 amide bonds. The molecule has 0 aliphatic carbocycles. The van der Waals surface area contributed by atoms with Crippen LogP contribution in [0.25, 0.3) is 0 Å². The fourth-order valence-corrected chi connectivity index (χ4v) is 2.78. The van der Waals surface area contributed by atoms with Gasteiger partial charge in [-0.25, -0.2) is 0 Å². The van der Waals surface area contributed by atoms with E-state index in [1.54, 1.807) is 7.11 Å². The molecule has 18 heavy (non-hydrogen) atoms. The Morgan fingerprint density at radius 3 is 2.72 bits per heavy atom. The third-order valence-corrected chi connectivity index (χ3v) is 4.01. The van der Waals surface area contributed by atoms with Crippen molar-refractivity contribution in [2.24, 2.45) is 0 Å². The molecule has 0 aromatic heterocycles. The molecule has 1 unspecified atom stereocenters. The van der Waals surface area contributed by atoms with Crippen molar-refractivity contribution in [1.29, 1.82) is 0 Å². The summed E-state index contributed by atoms with van der Waals surface area (Å²) in [6.07, 6.45) is 4.80. The topological polar surface area (TPSA) is 41.5 Å².